The maximum Gasteiger partial charge on any atom is 0.189 e. The van der Waals surface area contributed by atoms with Gasteiger partial charge >= 0.3 is 0 Å². The summed E-state index contributed by atoms with van der Waals surface area (Å²) in [6, 6.07) is 5.90. The molecule has 0 N–H and O–H groups in total. The van der Waals surface area contributed by atoms with Gasteiger partial charge in [0.2, 0.25) is 0 Å². The smallest absolute Gasteiger partial charge is 0.189 e. The molecule has 1 aliphatic heterocycles. The van der Waals surface area contributed by atoms with Gasteiger partial charge in [-0.2, -0.15) is 0 Å². The van der Waals surface area contributed by atoms with Crippen LogP contribution in [0.3, 0.4) is 0 Å². The van der Waals surface area contributed by atoms with Crippen LogP contribution in [0, 0.1) is 23.5 Å². The van der Waals surface area contributed by atoms with Gasteiger partial charge in [-0.05, 0) is 42.0 Å². The highest BCUT2D eigenvalue weighted by atomic mass is 32.2. The molecule has 1 aromatic carbocycles. The summed E-state index contributed by atoms with van der Waals surface area (Å²) in [5, 5.41) is 0.656. The van der Waals surface area contributed by atoms with Gasteiger partial charge in [-0.25, -0.2) is 18.7 Å². The molecule has 1 fully saturated rings. The van der Waals surface area contributed by atoms with E-state index in [-0.39, 0.29) is 0 Å². The first-order valence-electron chi connectivity index (χ1n) is 8.16. The summed E-state index contributed by atoms with van der Waals surface area (Å²) < 4.78 is 26.2. The minimum absolute atomic E-state index is 0.507. The van der Waals surface area contributed by atoms with E-state index in [1.165, 1.54) is 24.2 Å². The third kappa shape index (κ3) is 4.23. The first-order chi connectivity index (χ1) is 11.5. The molecule has 128 valence electrons. The summed E-state index contributed by atoms with van der Waals surface area (Å²) in [6.07, 6.45) is 3.01. The molecule has 0 saturated carbocycles. The van der Waals surface area contributed by atoms with Crippen LogP contribution in [0.1, 0.15) is 25.8 Å². The Morgan fingerprint density at radius 3 is 2.58 bits per heavy atom. The summed E-state index contributed by atoms with van der Waals surface area (Å²) in [4.78, 5) is 11.2. The van der Waals surface area contributed by atoms with Crippen molar-refractivity contribution in [3.63, 3.8) is 0 Å². The lowest BCUT2D eigenvalue weighted by atomic mass is 9.92. The highest BCUT2D eigenvalue weighted by molar-refractivity contribution is 7.98. The zero-order chi connectivity index (χ0) is 17.1. The summed E-state index contributed by atoms with van der Waals surface area (Å²) in [7, 11) is 0. The molecule has 24 heavy (non-hydrogen) atoms. The van der Waals surface area contributed by atoms with E-state index in [9.17, 15) is 8.78 Å². The fourth-order valence-electron chi connectivity index (χ4n) is 3.20. The Labute approximate surface area is 145 Å². The largest absolute Gasteiger partial charge is 0.356 e. The monoisotopic (exact) mass is 349 g/mol. The van der Waals surface area contributed by atoms with Gasteiger partial charge < -0.3 is 4.90 Å². The molecular formula is C18H21F2N3S. The van der Waals surface area contributed by atoms with E-state index in [2.05, 4.69) is 28.7 Å². The SMILES string of the molecule is CC1CC(C)CN(c2ccnc(SCc3ccc(F)c(F)c3)n2)C1. The molecule has 1 saturated heterocycles. The van der Waals surface area contributed by atoms with Crippen molar-refractivity contribution in [3.05, 3.63) is 47.7 Å². The molecule has 0 radical (unpaired) electrons. The number of nitrogens with zero attached hydrogens (tertiary/aromatic N) is 3. The van der Waals surface area contributed by atoms with Crippen molar-refractivity contribution in [2.24, 2.45) is 11.8 Å². The van der Waals surface area contributed by atoms with Gasteiger partial charge in [0.05, 0.1) is 0 Å². The molecule has 0 amide bonds. The average molecular weight is 349 g/mol. The predicted molar refractivity (Wildman–Crippen MR) is 93.1 cm³/mol. The Hall–Kier alpha value is -1.69. The molecule has 3 rings (SSSR count). The van der Waals surface area contributed by atoms with E-state index < -0.39 is 11.6 Å². The van der Waals surface area contributed by atoms with Gasteiger partial charge in [-0.1, -0.05) is 31.7 Å². The number of hydrogen-bond donors (Lipinski definition) is 0. The van der Waals surface area contributed by atoms with Crippen LogP contribution in [0.25, 0.3) is 0 Å². The minimum atomic E-state index is -0.824. The second kappa shape index (κ2) is 7.47. The Morgan fingerprint density at radius 1 is 1.12 bits per heavy atom. The summed E-state index contributed by atoms with van der Waals surface area (Å²) in [5.41, 5.74) is 0.716. The van der Waals surface area contributed by atoms with Crippen molar-refractivity contribution in [1.29, 1.82) is 0 Å². The molecule has 2 unspecified atom stereocenters. The average Bonchev–Trinajstić information content (AvgIpc) is 2.55. The van der Waals surface area contributed by atoms with Crippen LogP contribution < -0.4 is 4.90 Å². The number of benzene rings is 1. The van der Waals surface area contributed by atoms with Gasteiger partial charge in [-0.3, -0.25) is 0 Å². The molecule has 1 aliphatic rings. The van der Waals surface area contributed by atoms with Crippen LogP contribution in [-0.4, -0.2) is 23.1 Å². The standard InChI is InChI=1S/C18H21F2N3S/c1-12-7-13(2)10-23(9-12)17-5-6-21-18(22-17)24-11-14-3-4-15(19)16(20)8-14/h3-6,8,12-13H,7,9-11H2,1-2H3. The molecule has 1 aromatic heterocycles. The van der Waals surface area contributed by atoms with E-state index in [4.69, 9.17) is 0 Å². The Kier molecular flexibility index (Phi) is 5.33. The number of hydrogen-bond acceptors (Lipinski definition) is 4. The number of thioether (sulfide) groups is 1. The second-order valence-electron chi connectivity index (χ2n) is 6.59. The van der Waals surface area contributed by atoms with Crippen LogP contribution in [0.5, 0.6) is 0 Å². The van der Waals surface area contributed by atoms with Gasteiger partial charge in [-0.15, -0.1) is 0 Å². The summed E-state index contributed by atoms with van der Waals surface area (Å²) in [6.45, 7) is 6.55. The third-order valence-electron chi connectivity index (χ3n) is 4.16. The molecule has 2 aromatic rings. The summed E-state index contributed by atoms with van der Waals surface area (Å²) in [5.74, 6) is 1.11. The van der Waals surface area contributed by atoms with E-state index in [1.807, 2.05) is 6.07 Å². The van der Waals surface area contributed by atoms with Crippen molar-refractivity contribution in [2.75, 3.05) is 18.0 Å². The zero-order valence-electron chi connectivity index (χ0n) is 13.9. The fourth-order valence-corrected chi connectivity index (χ4v) is 3.97. The van der Waals surface area contributed by atoms with Crippen molar-refractivity contribution in [1.82, 2.24) is 9.97 Å². The van der Waals surface area contributed by atoms with Crippen LogP contribution >= 0.6 is 11.8 Å². The molecule has 0 bridgehead atoms. The van der Waals surface area contributed by atoms with E-state index in [0.717, 1.165) is 25.0 Å². The lowest BCUT2D eigenvalue weighted by molar-refractivity contribution is 0.355. The van der Waals surface area contributed by atoms with Crippen molar-refractivity contribution in [3.8, 4) is 0 Å². The minimum Gasteiger partial charge on any atom is -0.356 e. The number of piperidine rings is 1. The summed E-state index contributed by atoms with van der Waals surface area (Å²) >= 11 is 1.43. The first-order valence-corrected chi connectivity index (χ1v) is 9.14. The highest BCUT2D eigenvalue weighted by Crippen LogP contribution is 2.27. The van der Waals surface area contributed by atoms with Gasteiger partial charge in [0.15, 0.2) is 16.8 Å². The number of rotatable bonds is 4. The highest BCUT2D eigenvalue weighted by Gasteiger charge is 2.23. The molecule has 6 heteroatoms. The molecule has 0 spiro atoms. The van der Waals surface area contributed by atoms with Crippen LogP contribution in [0.15, 0.2) is 35.6 Å². The zero-order valence-corrected chi connectivity index (χ0v) is 14.7. The molecular weight excluding hydrogens is 328 g/mol. The first kappa shape index (κ1) is 17.1. The second-order valence-corrected chi connectivity index (χ2v) is 7.53. The normalized spacial score (nSPS) is 21.1. The third-order valence-corrected chi connectivity index (χ3v) is 5.10. The molecule has 2 atom stereocenters. The van der Waals surface area contributed by atoms with Crippen molar-refractivity contribution in [2.45, 2.75) is 31.2 Å². The van der Waals surface area contributed by atoms with E-state index in [1.54, 1.807) is 12.3 Å². The van der Waals surface area contributed by atoms with E-state index >= 15 is 0 Å². The Bertz CT molecular complexity index is 700. The molecule has 3 nitrogen and oxygen atoms in total. The maximum absolute atomic E-state index is 13.3. The van der Waals surface area contributed by atoms with Gasteiger partial charge in [0.25, 0.3) is 0 Å². The van der Waals surface area contributed by atoms with Crippen LogP contribution in [0.2, 0.25) is 0 Å². The molecule has 2 heterocycles. The molecule has 0 aliphatic carbocycles. The van der Waals surface area contributed by atoms with Crippen LogP contribution in [-0.2, 0) is 5.75 Å². The van der Waals surface area contributed by atoms with Crippen molar-refractivity contribution < 1.29 is 8.78 Å². The topological polar surface area (TPSA) is 29.0 Å². The Balaban J connectivity index is 1.67. The van der Waals surface area contributed by atoms with Crippen molar-refractivity contribution >= 4 is 17.6 Å². The maximum atomic E-state index is 13.3. The van der Waals surface area contributed by atoms with E-state index in [0.29, 0.717) is 28.3 Å². The number of anilines is 1. The Morgan fingerprint density at radius 2 is 1.88 bits per heavy atom. The lowest BCUT2D eigenvalue weighted by Gasteiger charge is -2.35. The number of aromatic nitrogens is 2. The van der Waals surface area contributed by atoms with Gasteiger partial charge in [0.1, 0.15) is 5.82 Å². The number of halogens is 2. The quantitative estimate of drug-likeness (QED) is 0.599. The van der Waals surface area contributed by atoms with Crippen LogP contribution in [0.4, 0.5) is 14.6 Å². The lowest BCUT2D eigenvalue weighted by Crippen LogP contribution is -2.39. The fraction of sp³-hybridized carbons (Fsp3) is 0.444. The predicted octanol–water partition coefficient (Wildman–Crippen LogP) is 4.53. The van der Waals surface area contributed by atoms with Gasteiger partial charge in [0, 0.05) is 25.0 Å².